The lowest BCUT2D eigenvalue weighted by molar-refractivity contribution is 0.0779. The van der Waals surface area contributed by atoms with E-state index in [1.165, 1.54) is 0 Å². The van der Waals surface area contributed by atoms with E-state index in [1.54, 1.807) is 19.1 Å². The van der Waals surface area contributed by atoms with Gasteiger partial charge in [-0.15, -0.1) is 0 Å². The van der Waals surface area contributed by atoms with E-state index in [2.05, 4.69) is 26.8 Å². The van der Waals surface area contributed by atoms with E-state index in [4.69, 9.17) is 9.84 Å². The third-order valence-electron chi connectivity index (χ3n) is 6.28. The number of nitrogens with zero attached hydrogens (tertiary/aromatic N) is 4. The van der Waals surface area contributed by atoms with Crippen LogP contribution >= 0.6 is 0 Å². The molecule has 0 aromatic carbocycles. The lowest BCUT2D eigenvalue weighted by Crippen LogP contribution is -2.35. The number of carbonyl (C=O) groups is 1. The predicted octanol–water partition coefficient (Wildman–Crippen LogP) is 3.13. The second-order valence-electron chi connectivity index (χ2n) is 8.75. The van der Waals surface area contributed by atoms with Crippen molar-refractivity contribution in [2.75, 3.05) is 31.2 Å². The van der Waals surface area contributed by atoms with Crippen LogP contribution in [0.3, 0.4) is 0 Å². The zero-order chi connectivity index (χ0) is 23.6. The predicted molar refractivity (Wildman–Crippen MR) is 127 cm³/mol. The van der Waals surface area contributed by atoms with Crippen LogP contribution in [0, 0.1) is 12.8 Å². The lowest BCUT2D eigenvalue weighted by Gasteiger charge is -2.32. The molecule has 1 atom stereocenters. The van der Waals surface area contributed by atoms with Gasteiger partial charge in [0.15, 0.2) is 5.78 Å². The Balaban J connectivity index is 1.36. The number of ether oxygens (including phenoxy) is 1. The Labute approximate surface area is 196 Å². The van der Waals surface area contributed by atoms with Crippen molar-refractivity contribution in [2.24, 2.45) is 5.92 Å². The normalized spacial score (nSPS) is 15.5. The summed E-state index contributed by atoms with van der Waals surface area (Å²) in [6.45, 7) is 6.14. The molecule has 3 rings (SSSR count). The highest BCUT2D eigenvalue weighted by Crippen LogP contribution is 2.24. The molecule has 0 radical (unpaired) electrons. The first kappa shape index (κ1) is 25.1. The van der Waals surface area contributed by atoms with Crippen LogP contribution in [-0.2, 0) is 6.42 Å². The van der Waals surface area contributed by atoms with Crippen molar-refractivity contribution in [1.82, 2.24) is 15.0 Å². The van der Waals surface area contributed by atoms with Gasteiger partial charge in [-0.3, -0.25) is 4.79 Å². The van der Waals surface area contributed by atoms with E-state index < -0.39 is 6.10 Å². The molecule has 1 aliphatic rings. The van der Waals surface area contributed by atoms with Gasteiger partial charge in [-0.2, -0.15) is 0 Å². The molecule has 180 valence electrons. The lowest BCUT2D eigenvalue weighted by atomic mass is 9.92. The van der Waals surface area contributed by atoms with Crippen LogP contribution in [0.5, 0.6) is 5.88 Å². The number of aliphatic hydroxyl groups excluding tert-OH is 2. The molecule has 2 aromatic heterocycles. The fourth-order valence-electron chi connectivity index (χ4n) is 4.10. The third-order valence-corrected chi connectivity index (χ3v) is 6.28. The minimum atomic E-state index is -0.863. The summed E-state index contributed by atoms with van der Waals surface area (Å²) in [6, 6.07) is 3.46. The van der Waals surface area contributed by atoms with Gasteiger partial charge in [-0.1, -0.05) is 6.92 Å². The fraction of sp³-hybridized carbons (Fsp3) is 0.600. The standard InChI is InChI=1S/C25H36N4O4/c1-3-19-15-26-25(27-16-19)29-12-10-20(11-13-29)5-4-14-33-24-9-7-22(18(2)28-24)23(32)8-6-21(31)17-30/h7,9,15-16,20-21,30-31H,3-6,8,10-14,17H2,1-2H3/t21-/m0/s1. The Morgan fingerprint density at radius 3 is 2.61 bits per heavy atom. The van der Waals surface area contributed by atoms with Gasteiger partial charge in [0.1, 0.15) is 0 Å². The first-order chi connectivity index (χ1) is 16.0. The summed E-state index contributed by atoms with van der Waals surface area (Å²) in [6.07, 6.45) is 8.71. The van der Waals surface area contributed by atoms with E-state index in [0.29, 0.717) is 29.7 Å². The minimum absolute atomic E-state index is 0.0860. The van der Waals surface area contributed by atoms with Crippen molar-refractivity contribution in [3.05, 3.63) is 41.3 Å². The SMILES string of the molecule is CCc1cnc(N2CCC(CCCOc3ccc(C(=O)CC[C@H](O)CO)c(C)n3)CC2)nc1. The van der Waals surface area contributed by atoms with Crippen LogP contribution in [0.25, 0.3) is 0 Å². The number of aliphatic hydroxyl groups is 2. The van der Waals surface area contributed by atoms with Crippen molar-refractivity contribution in [3.8, 4) is 5.88 Å². The van der Waals surface area contributed by atoms with E-state index in [0.717, 1.165) is 56.7 Å². The molecule has 0 amide bonds. The number of rotatable bonds is 12. The number of aryl methyl sites for hydroxylation is 2. The number of pyridine rings is 1. The number of anilines is 1. The number of carbonyl (C=O) groups excluding carboxylic acids is 1. The van der Waals surface area contributed by atoms with Gasteiger partial charge in [-0.05, 0) is 63.0 Å². The van der Waals surface area contributed by atoms with Gasteiger partial charge >= 0.3 is 0 Å². The highest BCUT2D eigenvalue weighted by Gasteiger charge is 2.21. The van der Waals surface area contributed by atoms with Gasteiger partial charge in [0, 0.05) is 43.5 Å². The zero-order valence-electron chi connectivity index (χ0n) is 19.7. The Hall–Kier alpha value is -2.58. The summed E-state index contributed by atoms with van der Waals surface area (Å²) in [5.41, 5.74) is 2.32. The van der Waals surface area contributed by atoms with Crippen LogP contribution in [0.1, 0.15) is 67.1 Å². The summed E-state index contributed by atoms with van der Waals surface area (Å²) in [5.74, 6) is 1.96. The Morgan fingerprint density at radius 1 is 1.24 bits per heavy atom. The number of hydrogen-bond acceptors (Lipinski definition) is 8. The Bertz CT molecular complexity index is 882. The maximum Gasteiger partial charge on any atom is 0.225 e. The third kappa shape index (κ3) is 7.47. The molecule has 0 aliphatic carbocycles. The van der Waals surface area contributed by atoms with Crippen LogP contribution in [0.2, 0.25) is 0 Å². The highest BCUT2D eigenvalue weighted by atomic mass is 16.5. The van der Waals surface area contributed by atoms with Gasteiger partial charge in [0.25, 0.3) is 0 Å². The van der Waals surface area contributed by atoms with E-state index in [9.17, 15) is 9.90 Å². The number of Topliss-reactive ketones (excluding diaryl/α,β-unsaturated/α-hetero) is 1. The van der Waals surface area contributed by atoms with Crippen molar-refractivity contribution >= 4 is 11.7 Å². The second-order valence-corrected chi connectivity index (χ2v) is 8.75. The van der Waals surface area contributed by atoms with Crippen LogP contribution in [-0.4, -0.2) is 63.4 Å². The van der Waals surface area contributed by atoms with E-state index in [1.807, 2.05) is 12.4 Å². The van der Waals surface area contributed by atoms with Crippen LogP contribution < -0.4 is 9.64 Å². The van der Waals surface area contributed by atoms with E-state index >= 15 is 0 Å². The monoisotopic (exact) mass is 456 g/mol. The minimum Gasteiger partial charge on any atom is -0.478 e. The number of aromatic nitrogens is 3. The molecule has 0 saturated carbocycles. The fourth-order valence-corrected chi connectivity index (χ4v) is 4.10. The first-order valence-electron chi connectivity index (χ1n) is 12.0. The largest absolute Gasteiger partial charge is 0.478 e. The number of piperidine rings is 1. The van der Waals surface area contributed by atoms with Gasteiger partial charge in [0.05, 0.1) is 25.0 Å². The molecule has 2 aromatic rings. The molecule has 1 fully saturated rings. The quantitative estimate of drug-likeness (QED) is 0.370. The number of ketones is 1. The summed E-state index contributed by atoms with van der Waals surface area (Å²) < 4.78 is 5.81. The molecule has 8 nitrogen and oxygen atoms in total. The summed E-state index contributed by atoms with van der Waals surface area (Å²) >= 11 is 0. The molecule has 1 saturated heterocycles. The number of hydrogen-bond donors (Lipinski definition) is 2. The van der Waals surface area contributed by atoms with Crippen molar-refractivity contribution in [1.29, 1.82) is 0 Å². The molecule has 0 unspecified atom stereocenters. The van der Waals surface area contributed by atoms with Crippen LogP contribution in [0.4, 0.5) is 5.95 Å². The average Bonchev–Trinajstić information content (AvgIpc) is 2.85. The average molecular weight is 457 g/mol. The molecule has 8 heteroatoms. The topological polar surface area (TPSA) is 109 Å². The second kappa shape index (κ2) is 12.6. The first-order valence-corrected chi connectivity index (χ1v) is 12.0. The summed E-state index contributed by atoms with van der Waals surface area (Å²) in [4.78, 5) is 28.0. The molecular weight excluding hydrogens is 420 g/mol. The molecular formula is C25H36N4O4. The Morgan fingerprint density at radius 2 is 1.97 bits per heavy atom. The smallest absolute Gasteiger partial charge is 0.225 e. The zero-order valence-corrected chi connectivity index (χ0v) is 19.7. The van der Waals surface area contributed by atoms with Crippen molar-refractivity contribution < 1.29 is 19.7 Å². The van der Waals surface area contributed by atoms with Crippen molar-refractivity contribution in [2.45, 2.75) is 64.9 Å². The maximum atomic E-state index is 12.3. The highest BCUT2D eigenvalue weighted by molar-refractivity contribution is 5.97. The summed E-state index contributed by atoms with van der Waals surface area (Å²) in [7, 11) is 0. The molecule has 0 spiro atoms. The van der Waals surface area contributed by atoms with Gasteiger partial charge in [-0.25, -0.2) is 15.0 Å². The van der Waals surface area contributed by atoms with E-state index in [-0.39, 0.29) is 25.2 Å². The molecule has 33 heavy (non-hydrogen) atoms. The van der Waals surface area contributed by atoms with Crippen LogP contribution in [0.15, 0.2) is 24.5 Å². The summed E-state index contributed by atoms with van der Waals surface area (Å²) in [5, 5.41) is 18.3. The van der Waals surface area contributed by atoms with Crippen molar-refractivity contribution in [3.63, 3.8) is 0 Å². The Kier molecular flexibility index (Phi) is 9.57. The van der Waals surface area contributed by atoms with Gasteiger partial charge in [0.2, 0.25) is 11.8 Å². The molecule has 2 N–H and O–H groups in total. The molecule has 1 aliphatic heterocycles. The molecule has 0 bridgehead atoms. The van der Waals surface area contributed by atoms with Gasteiger partial charge < -0.3 is 19.8 Å². The molecule has 3 heterocycles. The maximum absolute atomic E-state index is 12.3.